The highest BCUT2D eigenvalue weighted by atomic mass is 16.5. The Morgan fingerprint density at radius 1 is 1.25 bits per heavy atom. The van der Waals surface area contributed by atoms with Crippen LogP contribution in [0.3, 0.4) is 0 Å². The van der Waals surface area contributed by atoms with Crippen LogP contribution in [0.5, 0.6) is 0 Å². The minimum atomic E-state index is -0.436. The molecule has 1 aliphatic rings. The molecule has 0 saturated carbocycles. The summed E-state index contributed by atoms with van der Waals surface area (Å²) in [6.45, 7) is 0.436. The van der Waals surface area contributed by atoms with Gasteiger partial charge in [-0.3, -0.25) is 9.59 Å². The summed E-state index contributed by atoms with van der Waals surface area (Å²) >= 11 is 0. The Bertz CT molecular complexity index is 487. The van der Waals surface area contributed by atoms with E-state index in [1.807, 2.05) is 0 Å². The van der Waals surface area contributed by atoms with Crippen molar-refractivity contribution in [1.29, 1.82) is 0 Å². The number of carbonyl (C=O) groups is 2. The molecule has 0 aliphatic carbocycles. The summed E-state index contributed by atoms with van der Waals surface area (Å²) in [5, 5.41) is 2.79. The summed E-state index contributed by atoms with van der Waals surface area (Å²) < 4.78 is 5.52. The molecule has 1 aliphatic heterocycles. The Labute approximate surface area is 117 Å². The maximum atomic E-state index is 12.0. The van der Waals surface area contributed by atoms with Crippen molar-refractivity contribution in [2.24, 2.45) is 11.5 Å². The Morgan fingerprint density at radius 3 is 2.50 bits per heavy atom. The van der Waals surface area contributed by atoms with Crippen molar-refractivity contribution in [1.82, 2.24) is 0 Å². The minimum absolute atomic E-state index is 0.0244. The Kier molecular flexibility index (Phi) is 4.70. The average Bonchev–Trinajstić information content (AvgIpc) is 2.89. The van der Waals surface area contributed by atoms with Crippen LogP contribution in [0.2, 0.25) is 0 Å². The number of benzene rings is 1. The van der Waals surface area contributed by atoms with Crippen LogP contribution in [0.15, 0.2) is 24.3 Å². The number of hydrogen-bond acceptors (Lipinski definition) is 4. The Hall–Kier alpha value is -1.92. The third-order valence-corrected chi connectivity index (χ3v) is 3.26. The van der Waals surface area contributed by atoms with Crippen LogP contribution in [0, 0.1) is 0 Å². The SMILES string of the molecule is NCC1CCC(C(=O)Nc2ccc(CC(N)=O)cc2)O1. The molecule has 0 radical (unpaired) electrons. The summed E-state index contributed by atoms with van der Waals surface area (Å²) in [5.74, 6) is -0.544. The lowest BCUT2D eigenvalue weighted by atomic mass is 10.1. The van der Waals surface area contributed by atoms with Crippen LogP contribution >= 0.6 is 0 Å². The van der Waals surface area contributed by atoms with E-state index in [2.05, 4.69) is 5.32 Å². The van der Waals surface area contributed by atoms with Gasteiger partial charge in [-0.25, -0.2) is 0 Å². The van der Waals surface area contributed by atoms with Crippen molar-refractivity contribution >= 4 is 17.5 Å². The third kappa shape index (κ3) is 3.79. The molecule has 5 N–H and O–H groups in total. The van der Waals surface area contributed by atoms with Crippen molar-refractivity contribution < 1.29 is 14.3 Å². The molecule has 1 aromatic rings. The minimum Gasteiger partial charge on any atom is -0.369 e. The highest BCUT2D eigenvalue weighted by Crippen LogP contribution is 2.20. The summed E-state index contributed by atoms with van der Waals surface area (Å²) in [6.07, 6.45) is 1.23. The fourth-order valence-electron chi connectivity index (χ4n) is 2.20. The molecule has 0 aromatic heterocycles. The van der Waals surface area contributed by atoms with Gasteiger partial charge in [-0.05, 0) is 30.5 Å². The maximum Gasteiger partial charge on any atom is 0.253 e. The standard InChI is InChI=1S/C14H19N3O3/c15-8-11-5-6-12(20-11)14(19)17-10-3-1-9(2-4-10)7-13(16)18/h1-4,11-12H,5-8,15H2,(H2,16,18)(H,17,19). The highest BCUT2D eigenvalue weighted by Gasteiger charge is 2.29. The quantitative estimate of drug-likeness (QED) is 0.712. The molecule has 1 heterocycles. The van der Waals surface area contributed by atoms with E-state index in [-0.39, 0.29) is 24.3 Å². The molecule has 20 heavy (non-hydrogen) atoms. The molecule has 0 spiro atoms. The van der Waals surface area contributed by atoms with E-state index >= 15 is 0 Å². The van der Waals surface area contributed by atoms with Crippen molar-refractivity contribution in [2.75, 3.05) is 11.9 Å². The highest BCUT2D eigenvalue weighted by molar-refractivity contribution is 5.94. The summed E-state index contributed by atoms with van der Waals surface area (Å²) in [6, 6.07) is 7.01. The van der Waals surface area contributed by atoms with Gasteiger partial charge in [0.1, 0.15) is 6.10 Å². The predicted molar refractivity (Wildman–Crippen MR) is 74.9 cm³/mol. The fourth-order valence-corrected chi connectivity index (χ4v) is 2.20. The first-order chi connectivity index (χ1) is 9.58. The van der Waals surface area contributed by atoms with E-state index < -0.39 is 6.10 Å². The lowest BCUT2D eigenvalue weighted by Crippen LogP contribution is -2.29. The van der Waals surface area contributed by atoms with Gasteiger partial charge in [0.25, 0.3) is 5.91 Å². The molecule has 0 bridgehead atoms. The van der Waals surface area contributed by atoms with Gasteiger partial charge < -0.3 is 21.5 Å². The lowest BCUT2D eigenvalue weighted by Gasteiger charge is -2.12. The van der Waals surface area contributed by atoms with Crippen LogP contribution in [0.25, 0.3) is 0 Å². The summed E-state index contributed by atoms with van der Waals surface area (Å²) in [4.78, 5) is 22.8. The van der Waals surface area contributed by atoms with Crippen molar-refractivity contribution in [3.63, 3.8) is 0 Å². The fraction of sp³-hybridized carbons (Fsp3) is 0.429. The molecule has 1 fully saturated rings. The largest absolute Gasteiger partial charge is 0.369 e. The van der Waals surface area contributed by atoms with E-state index in [0.717, 1.165) is 12.0 Å². The number of anilines is 1. The summed E-state index contributed by atoms with van der Waals surface area (Å²) in [5.41, 5.74) is 12.1. The van der Waals surface area contributed by atoms with Gasteiger partial charge in [-0.2, -0.15) is 0 Å². The number of ether oxygens (including phenoxy) is 1. The van der Waals surface area contributed by atoms with Crippen molar-refractivity contribution in [2.45, 2.75) is 31.5 Å². The molecule has 2 atom stereocenters. The van der Waals surface area contributed by atoms with Gasteiger partial charge in [0.15, 0.2) is 0 Å². The monoisotopic (exact) mass is 277 g/mol. The van der Waals surface area contributed by atoms with Crippen LogP contribution in [0.4, 0.5) is 5.69 Å². The van der Waals surface area contributed by atoms with E-state index in [1.165, 1.54) is 0 Å². The van der Waals surface area contributed by atoms with Gasteiger partial charge in [0.2, 0.25) is 5.91 Å². The number of rotatable bonds is 5. The zero-order valence-corrected chi connectivity index (χ0v) is 11.2. The van der Waals surface area contributed by atoms with E-state index in [1.54, 1.807) is 24.3 Å². The number of carbonyl (C=O) groups excluding carboxylic acids is 2. The average molecular weight is 277 g/mol. The first kappa shape index (κ1) is 14.5. The van der Waals surface area contributed by atoms with Crippen LogP contribution < -0.4 is 16.8 Å². The van der Waals surface area contributed by atoms with E-state index in [0.29, 0.717) is 18.7 Å². The molecule has 2 rings (SSSR count). The number of primary amides is 1. The normalized spacial score (nSPS) is 21.6. The van der Waals surface area contributed by atoms with Crippen LogP contribution in [-0.2, 0) is 20.7 Å². The lowest BCUT2D eigenvalue weighted by molar-refractivity contribution is -0.126. The molecule has 6 nitrogen and oxygen atoms in total. The Morgan fingerprint density at radius 2 is 1.95 bits per heavy atom. The number of nitrogens with two attached hydrogens (primary N) is 2. The Balaban J connectivity index is 1.90. The number of hydrogen-bond donors (Lipinski definition) is 3. The second kappa shape index (κ2) is 6.49. The van der Waals surface area contributed by atoms with E-state index in [9.17, 15) is 9.59 Å². The molecule has 2 amide bonds. The maximum absolute atomic E-state index is 12.0. The number of nitrogens with one attached hydrogen (secondary N) is 1. The van der Waals surface area contributed by atoms with Crippen molar-refractivity contribution in [3.05, 3.63) is 29.8 Å². The van der Waals surface area contributed by atoms with Gasteiger partial charge in [-0.15, -0.1) is 0 Å². The van der Waals surface area contributed by atoms with Crippen LogP contribution in [-0.4, -0.2) is 30.6 Å². The molecular formula is C14H19N3O3. The predicted octanol–water partition coefficient (Wildman–Crippen LogP) is 0.159. The molecule has 6 heteroatoms. The van der Waals surface area contributed by atoms with E-state index in [4.69, 9.17) is 16.2 Å². The summed E-state index contributed by atoms with van der Waals surface area (Å²) in [7, 11) is 0. The van der Waals surface area contributed by atoms with Crippen LogP contribution in [0.1, 0.15) is 18.4 Å². The zero-order chi connectivity index (χ0) is 14.5. The topological polar surface area (TPSA) is 107 Å². The molecule has 1 aromatic carbocycles. The molecule has 108 valence electrons. The smallest absolute Gasteiger partial charge is 0.253 e. The zero-order valence-electron chi connectivity index (χ0n) is 11.2. The molecule has 1 saturated heterocycles. The third-order valence-electron chi connectivity index (χ3n) is 3.26. The van der Waals surface area contributed by atoms with Gasteiger partial charge >= 0.3 is 0 Å². The first-order valence-electron chi connectivity index (χ1n) is 6.62. The van der Waals surface area contributed by atoms with Gasteiger partial charge in [0, 0.05) is 12.2 Å². The second-order valence-corrected chi connectivity index (χ2v) is 4.89. The first-order valence-corrected chi connectivity index (χ1v) is 6.62. The number of amides is 2. The molecule has 2 unspecified atom stereocenters. The molecular weight excluding hydrogens is 258 g/mol. The van der Waals surface area contributed by atoms with Gasteiger partial charge in [0.05, 0.1) is 12.5 Å². The van der Waals surface area contributed by atoms with Gasteiger partial charge in [-0.1, -0.05) is 12.1 Å². The van der Waals surface area contributed by atoms with Crippen molar-refractivity contribution in [3.8, 4) is 0 Å². The second-order valence-electron chi connectivity index (χ2n) is 4.89.